The highest BCUT2D eigenvalue weighted by Gasteiger charge is 2.41. The Balaban J connectivity index is 1.63. The number of rotatable bonds is 5. The van der Waals surface area contributed by atoms with Gasteiger partial charge in [0, 0.05) is 28.3 Å². The molecule has 166 valence electrons. The van der Waals surface area contributed by atoms with Crippen molar-refractivity contribution in [3.8, 4) is 5.69 Å². The first-order valence-electron chi connectivity index (χ1n) is 10.9. The van der Waals surface area contributed by atoms with E-state index in [0.29, 0.717) is 11.7 Å². The normalized spacial score (nSPS) is 17.9. The first kappa shape index (κ1) is 21.8. The second kappa shape index (κ2) is 9.08. The lowest BCUT2D eigenvalue weighted by molar-refractivity contribution is 0.307. The Labute approximate surface area is 207 Å². The summed E-state index contributed by atoms with van der Waals surface area (Å²) < 4.78 is 3.36. The number of benzene rings is 1. The van der Waals surface area contributed by atoms with E-state index in [-0.39, 0.29) is 12.1 Å². The highest BCUT2D eigenvalue weighted by atomic mass is 79.9. The van der Waals surface area contributed by atoms with E-state index in [1.54, 1.807) is 0 Å². The summed E-state index contributed by atoms with van der Waals surface area (Å²) in [5.41, 5.74) is 6.65. The van der Waals surface area contributed by atoms with Crippen molar-refractivity contribution in [2.75, 3.05) is 0 Å². The number of thiocarbonyl (C=S) groups is 1. The third-order valence-electron chi connectivity index (χ3n) is 6.14. The van der Waals surface area contributed by atoms with Gasteiger partial charge in [0.25, 0.3) is 0 Å². The average molecular weight is 518 g/mol. The summed E-state index contributed by atoms with van der Waals surface area (Å²) in [5, 5.41) is 4.26. The first-order valence-corrected chi connectivity index (χ1v) is 12.1. The van der Waals surface area contributed by atoms with Gasteiger partial charge < -0.3 is 14.8 Å². The molecule has 5 rings (SSSR count). The molecule has 33 heavy (non-hydrogen) atoms. The third-order valence-corrected chi connectivity index (χ3v) is 7.16. The van der Waals surface area contributed by atoms with Gasteiger partial charge in [-0.2, -0.15) is 0 Å². The molecule has 1 N–H and O–H groups in total. The van der Waals surface area contributed by atoms with E-state index in [1.165, 1.54) is 17.0 Å². The van der Waals surface area contributed by atoms with Gasteiger partial charge >= 0.3 is 0 Å². The Morgan fingerprint density at radius 1 is 0.970 bits per heavy atom. The number of nitrogens with zero attached hydrogens (tertiary/aromatic N) is 4. The molecular formula is C26H24BrN5S. The third kappa shape index (κ3) is 4.07. The van der Waals surface area contributed by atoms with E-state index >= 15 is 0 Å². The fourth-order valence-corrected chi connectivity index (χ4v) is 5.44. The number of hydrogen-bond acceptors (Lipinski definition) is 3. The predicted octanol–water partition coefficient (Wildman–Crippen LogP) is 5.82. The second-order valence-corrected chi connectivity index (χ2v) is 9.43. The molecule has 1 fully saturated rings. The maximum Gasteiger partial charge on any atom is 0.170 e. The summed E-state index contributed by atoms with van der Waals surface area (Å²) in [7, 11) is 0. The summed E-state index contributed by atoms with van der Waals surface area (Å²) in [4.78, 5) is 11.5. The number of hydrogen-bond donors (Lipinski definition) is 1. The molecule has 2 atom stereocenters. The van der Waals surface area contributed by atoms with Crippen molar-refractivity contribution < 1.29 is 0 Å². The largest absolute Gasteiger partial charge is 0.352 e. The molecule has 0 bridgehead atoms. The van der Waals surface area contributed by atoms with Crippen molar-refractivity contribution >= 4 is 33.3 Å². The number of para-hydroxylation sites is 1. The molecule has 0 saturated carbocycles. The quantitative estimate of drug-likeness (QED) is 0.338. The summed E-state index contributed by atoms with van der Waals surface area (Å²) >= 11 is 9.56. The van der Waals surface area contributed by atoms with E-state index in [9.17, 15) is 0 Å². The van der Waals surface area contributed by atoms with Gasteiger partial charge in [-0.05, 0) is 90.0 Å². The molecule has 0 radical (unpaired) electrons. The Kier molecular flexibility index (Phi) is 6.00. The minimum atomic E-state index is -0.0597. The van der Waals surface area contributed by atoms with Crippen LogP contribution in [0, 0.1) is 13.8 Å². The topological polar surface area (TPSA) is 46.0 Å². The number of pyridine rings is 2. The Hall–Kier alpha value is -3.03. The molecule has 0 unspecified atom stereocenters. The molecule has 0 spiro atoms. The lowest BCUT2D eigenvalue weighted by Crippen LogP contribution is -2.29. The maximum atomic E-state index is 5.84. The smallest absolute Gasteiger partial charge is 0.170 e. The molecule has 3 aromatic heterocycles. The molecule has 1 saturated heterocycles. The standard InChI is InChI=1S/C26H24BrN5S/c1-17-15-20(18(2)32(17)23-12-4-3-10-21(23)27)25-24(22-11-6-8-14-29-22)30-26(33)31(25)16-19-9-5-7-13-28-19/h3-15,24-25H,16H2,1-2H3,(H,30,33)/t24-,25-/m0/s1. The minimum Gasteiger partial charge on any atom is -0.352 e. The molecule has 7 heteroatoms. The highest BCUT2D eigenvalue weighted by Crippen LogP contribution is 2.42. The molecule has 0 amide bonds. The van der Waals surface area contributed by atoms with Crippen LogP contribution in [0.2, 0.25) is 0 Å². The number of nitrogens with one attached hydrogen (secondary N) is 1. The average Bonchev–Trinajstić information content (AvgIpc) is 3.30. The van der Waals surface area contributed by atoms with Gasteiger partial charge in [0.1, 0.15) is 0 Å². The van der Waals surface area contributed by atoms with Crippen LogP contribution in [0.4, 0.5) is 0 Å². The number of aromatic nitrogens is 3. The monoisotopic (exact) mass is 517 g/mol. The molecule has 0 aliphatic carbocycles. The Morgan fingerprint density at radius 2 is 1.70 bits per heavy atom. The van der Waals surface area contributed by atoms with Crippen molar-refractivity contribution in [3.63, 3.8) is 0 Å². The van der Waals surface area contributed by atoms with E-state index < -0.39 is 0 Å². The van der Waals surface area contributed by atoms with E-state index in [2.05, 4.69) is 84.9 Å². The zero-order valence-corrected chi connectivity index (χ0v) is 20.8. The van der Waals surface area contributed by atoms with Crippen LogP contribution < -0.4 is 5.32 Å². The Bertz CT molecular complexity index is 1290. The van der Waals surface area contributed by atoms with Crippen molar-refractivity contribution in [2.24, 2.45) is 0 Å². The van der Waals surface area contributed by atoms with Gasteiger partial charge in [-0.3, -0.25) is 9.97 Å². The first-order chi connectivity index (χ1) is 16.0. The molecule has 1 aromatic carbocycles. The van der Waals surface area contributed by atoms with Crippen LogP contribution in [0.15, 0.2) is 83.6 Å². The van der Waals surface area contributed by atoms with Crippen molar-refractivity contribution in [1.29, 1.82) is 0 Å². The molecule has 1 aliphatic heterocycles. The predicted molar refractivity (Wildman–Crippen MR) is 138 cm³/mol. The lowest BCUT2D eigenvalue weighted by Gasteiger charge is -2.28. The van der Waals surface area contributed by atoms with Gasteiger partial charge in [-0.15, -0.1) is 0 Å². The fraction of sp³-hybridized carbons (Fsp3) is 0.192. The molecule has 5 nitrogen and oxygen atoms in total. The van der Waals surface area contributed by atoms with Crippen molar-refractivity contribution in [2.45, 2.75) is 32.5 Å². The van der Waals surface area contributed by atoms with E-state index in [0.717, 1.165) is 21.5 Å². The van der Waals surface area contributed by atoms with Gasteiger partial charge in [0.15, 0.2) is 5.11 Å². The van der Waals surface area contributed by atoms with Crippen LogP contribution in [0.3, 0.4) is 0 Å². The van der Waals surface area contributed by atoms with Crippen LogP contribution in [0.25, 0.3) is 5.69 Å². The highest BCUT2D eigenvalue weighted by molar-refractivity contribution is 9.10. The molecule has 4 aromatic rings. The summed E-state index contributed by atoms with van der Waals surface area (Å²) in [5.74, 6) is 0. The van der Waals surface area contributed by atoms with Crippen molar-refractivity contribution in [1.82, 2.24) is 24.8 Å². The van der Waals surface area contributed by atoms with Gasteiger partial charge in [0.2, 0.25) is 0 Å². The van der Waals surface area contributed by atoms with E-state index in [1.807, 2.05) is 48.8 Å². The van der Waals surface area contributed by atoms with Gasteiger partial charge in [0.05, 0.1) is 35.7 Å². The fourth-order valence-electron chi connectivity index (χ4n) is 4.67. The van der Waals surface area contributed by atoms with Gasteiger partial charge in [-0.25, -0.2) is 0 Å². The second-order valence-electron chi connectivity index (χ2n) is 8.19. The summed E-state index contributed by atoms with van der Waals surface area (Å²) in [6.07, 6.45) is 3.66. The molecular weight excluding hydrogens is 494 g/mol. The maximum absolute atomic E-state index is 5.84. The van der Waals surface area contributed by atoms with Crippen LogP contribution in [0.1, 0.15) is 40.4 Å². The zero-order chi connectivity index (χ0) is 22.9. The van der Waals surface area contributed by atoms with Crippen LogP contribution in [0.5, 0.6) is 0 Å². The summed E-state index contributed by atoms with van der Waals surface area (Å²) in [6, 6.07) is 22.5. The zero-order valence-electron chi connectivity index (χ0n) is 18.4. The number of aryl methyl sites for hydroxylation is 1. The molecule has 4 heterocycles. The summed E-state index contributed by atoms with van der Waals surface area (Å²) in [6.45, 7) is 4.95. The van der Waals surface area contributed by atoms with Gasteiger partial charge in [-0.1, -0.05) is 24.3 Å². The van der Waals surface area contributed by atoms with Crippen molar-refractivity contribution in [3.05, 3.63) is 112 Å². The lowest BCUT2D eigenvalue weighted by atomic mass is 9.96. The minimum absolute atomic E-state index is 0.0168. The Morgan fingerprint density at radius 3 is 2.39 bits per heavy atom. The number of halogens is 1. The SMILES string of the molecule is Cc1cc([C@H]2[C@H](c3ccccn3)NC(=S)N2Cc2ccccn2)c(C)n1-c1ccccc1Br. The van der Waals surface area contributed by atoms with Crippen LogP contribution in [-0.4, -0.2) is 24.5 Å². The van der Waals surface area contributed by atoms with Crippen LogP contribution >= 0.6 is 28.1 Å². The molecule has 1 aliphatic rings. The van der Waals surface area contributed by atoms with E-state index in [4.69, 9.17) is 12.2 Å². The van der Waals surface area contributed by atoms with Crippen LogP contribution in [-0.2, 0) is 6.54 Å².